The summed E-state index contributed by atoms with van der Waals surface area (Å²) in [5.41, 5.74) is 0.697. The van der Waals surface area contributed by atoms with Crippen LogP contribution in [0.4, 0.5) is 0 Å². The second-order valence-electron chi connectivity index (χ2n) is 1.85. The molecule has 0 bridgehead atoms. The molecule has 0 aliphatic rings. The molecule has 1 heterocycles. The largest absolute Gasteiger partial charge is 0.481 e. The second kappa shape index (κ2) is 3.00. The van der Waals surface area contributed by atoms with Crippen LogP contribution in [0.1, 0.15) is 12.0 Å². The zero-order chi connectivity index (χ0) is 7.40. The molecule has 0 fully saturated rings. The van der Waals surface area contributed by atoms with Crippen molar-refractivity contribution >= 4 is 5.97 Å². The SMILES string of the molecule is O=C(O)CCc1[c]noc1. The number of aliphatic carboxylic acids is 1. The number of carboxylic acid groups (broad SMARTS) is 1. The van der Waals surface area contributed by atoms with Gasteiger partial charge >= 0.3 is 5.97 Å². The third-order valence-corrected chi connectivity index (χ3v) is 1.05. The summed E-state index contributed by atoms with van der Waals surface area (Å²) >= 11 is 0. The van der Waals surface area contributed by atoms with Crippen molar-refractivity contribution in [3.05, 3.63) is 18.0 Å². The van der Waals surface area contributed by atoms with Crippen LogP contribution in [0.5, 0.6) is 0 Å². The molecule has 1 aromatic heterocycles. The van der Waals surface area contributed by atoms with Gasteiger partial charge < -0.3 is 9.63 Å². The van der Waals surface area contributed by atoms with Crippen molar-refractivity contribution in [3.63, 3.8) is 0 Å². The Morgan fingerprint density at radius 1 is 1.90 bits per heavy atom. The molecule has 0 aromatic carbocycles. The Balaban J connectivity index is 2.35. The number of hydrogen-bond acceptors (Lipinski definition) is 3. The highest BCUT2D eigenvalue weighted by Gasteiger charge is 2.00. The van der Waals surface area contributed by atoms with Gasteiger partial charge in [0, 0.05) is 12.0 Å². The quantitative estimate of drug-likeness (QED) is 0.663. The van der Waals surface area contributed by atoms with Crippen molar-refractivity contribution in [2.75, 3.05) is 0 Å². The molecule has 0 spiro atoms. The van der Waals surface area contributed by atoms with Crippen molar-refractivity contribution < 1.29 is 14.4 Å². The van der Waals surface area contributed by atoms with E-state index in [1.807, 2.05) is 0 Å². The standard InChI is InChI=1S/C6H6NO3/c8-6(9)2-1-5-3-7-10-4-5/h4H,1-2H2,(H,8,9). The number of nitrogens with zero attached hydrogens (tertiary/aromatic N) is 1. The van der Waals surface area contributed by atoms with Crippen LogP contribution in [-0.2, 0) is 11.2 Å². The zero-order valence-electron chi connectivity index (χ0n) is 5.20. The fourth-order valence-corrected chi connectivity index (χ4v) is 0.558. The number of carboxylic acids is 1. The minimum Gasteiger partial charge on any atom is -0.481 e. The lowest BCUT2D eigenvalue weighted by atomic mass is 10.2. The molecular formula is C6H6NO3. The fourth-order valence-electron chi connectivity index (χ4n) is 0.558. The van der Waals surface area contributed by atoms with Crippen LogP contribution in [0.15, 0.2) is 10.8 Å². The predicted octanol–water partition coefficient (Wildman–Crippen LogP) is 0.492. The molecule has 1 N–H and O–H groups in total. The molecule has 1 aromatic rings. The Bertz CT molecular complexity index is 205. The van der Waals surface area contributed by atoms with E-state index in [1.165, 1.54) is 6.26 Å². The van der Waals surface area contributed by atoms with Gasteiger partial charge in [-0.25, -0.2) is 0 Å². The fraction of sp³-hybridized carbons (Fsp3) is 0.333. The number of aryl methyl sites for hydroxylation is 1. The smallest absolute Gasteiger partial charge is 0.303 e. The molecule has 4 nitrogen and oxygen atoms in total. The summed E-state index contributed by atoms with van der Waals surface area (Å²) in [5.74, 6) is -0.824. The first-order chi connectivity index (χ1) is 4.79. The number of carbonyl (C=O) groups is 1. The first-order valence-electron chi connectivity index (χ1n) is 2.82. The first kappa shape index (κ1) is 6.80. The molecule has 0 aliphatic carbocycles. The van der Waals surface area contributed by atoms with E-state index in [4.69, 9.17) is 5.11 Å². The molecule has 0 unspecified atom stereocenters. The van der Waals surface area contributed by atoms with Gasteiger partial charge in [0.25, 0.3) is 0 Å². The van der Waals surface area contributed by atoms with E-state index in [0.29, 0.717) is 12.0 Å². The van der Waals surface area contributed by atoms with E-state index in [0.717, 1.165) is 0 Å². The normalized spacial score (nSPS) is 9.60. The third kappa shape index (κ3) is 1.89. The number of aromatic nitrogens is 1. The van der Waals surface area contributed by atoms with Gasteiger partial charge in [0.05, 0.1) is 0 Å². The van der Waals surface area contributed by atoms with Crippen molar-refractivity contribution in [1.82, 2.24) is 5.16 Å². The van der Waals surface area contributed by atoms with Gasteiger partial charge in [-0.2, -0.15) is 0 Å². The highest BCUT2D eigenvalue weighted by Crippen LogP contribution is 1.99. The summed E-state index contributed by atoms with van der Waals surface area (Å²) < 4.78 is 4.45. The molecule has 1 radical (unpaired) electrons. The van der Waals surface area contributed by atoms with Crippen LogP contribution in [0, 0.1) is 6.20 Å². The highest BCUT2D eigenvalue weighted by molar-refractivity contribution is 5.66. The summed E-state index contributed by atoms with van der Waals surface area (Å²) in [6.45, 7) is 0. The van der Waals surface area contributed by atoms with Gasteiger partial charge in [-0.1, -0.05) is 5.16 Å². The summed E-state index contributed by atoms with van der Waals surface area (Å²) in [5, 5.41) is 11.6. The minimum absolute atomic E-state index is 0.0950. The van der Waals surface area contributed by atoms with Crippen LogP contribution in [0.3, 0.4) is 0 Å². The van der Waals surface area contributed by atoms with Crippen molar-refractivity contribution in [3.8, 4) is 0 Å². The molecule has 10 heavy (non-hydrogen) atoms. The van der Waals surface area contributed by atoms with Gasteiger partial charge in [-0.05, 0) is 6.42 Å². The van der Waals surface area contributed by atoms with Gasteiger partial charge in [-0.15, -0.1) is 0 Å². The molecule has 0 saturated carbocycles. The summed E-state index contributed by atoms with van der Waals surface area (Å²) in [6, 6.07) is 0. The van der Waals surface area contributed by atoms with Crippen LogP contribution in [0.2, 0.25) is 0 Å². The lowest BCUT2D eigenvalue weighted by molar-refractivity contribution is -0.136. The second-order valence-corrected chi connectivity index (χ2v) is 1.85. The van der Waals surface area contributed by atoms with Gasteiger partial charge in [-0.3, -0.25) is 4.79 Å². The summed E-state index contributed by atoms with van der Waals surface area (Å²) in [7, 11) is 0. The maximum absolute atomic E-state index is 10.0. The monoisotopic (exact) mass is 140 g/mol. The summed E-state index contributed by atoms with van der Waals surface area (Å²) in [6.07, 6.45) is 4.43. The average molecular weight is 140 g/mol. The van der Waals surface area contributed by atoms with E-state index in [1.54, 1.807) is 0 Å². The zero-order valence-corrected chi connectivity index (χ0v) is 5.20. The average Bonchev–Trinajstić information content (AvgIpc) is 2.34. The molecule has 4 heteroatoms. The van der Waals surface area contributed by atoms with Gasteiger partial charge in [0.2, 0.25) is 0 Å². The Morgan fingerprint density at radius 3 is 3.20 bits per heavy atom. The van der Waals surface area contributed by atoms with Crippen molar-refractivity contribution in [2.24, 2.45) is 0 Å². The van der Waals surface area contributed by atoms with E-state index in [9.17, 15) is 4.79 Å². The molecule has 0 atom stereocenters. The topological polar surface area (TPSA) is 63.3 Å². The maximum atomic E-state index is 10.0. The molecule has 53 valence electrons. The van der Waals surface area contributed by atoms with Gasteiger partial charge in [0.15, 0.2) is 0 Å². The van der Waals surface area contributed by atoms with Crippen LogP contribution < -0.4 is 0 Å². The highest BCUT2D eigenvalue weighted by atomic mass is 16.5. The Labute approximate surface area is 57.4 Å². The summed E-state index contributed by atoms with van der Waals surface area (Å²) in [4.78, 5) is 10.0. The van der Waals surface area contributed by atoms with Gasteiger partial charge in [0.1, 0.15) is 12.5 Å². The van der Waals surface area contributed by atoms with E-state index >= 15 is 0 Å². The van der Waals surface area contributed by atoms with Crippen LogP contribution >= 0.6 is 0 Å². The van der Waals surface area contributed by atoms with E-state index < -0.39 is 5.97 Å². The van der Waals surface area contributed by atoms with E-state index in [-0.39, 0.29) is 6.42 Å². The molecule has 0 saturated heterocycles. The van der Waals surface area contributed by atoms with E-state index in [2.05, 4.69) is 15.9 Å². The Morgan fingerprint density at radius 2 is 2.70 bits per heavy atom. The third-order valence-electron chi connectivity index (χ3n) is 1.05. The lowest BCUT2D eigenvalue weighted by Gasteiger charge is -1.87. The first-order valence-corrected chi connectivity index (χ1v) is 2.82. The molecular weight excluding hydrogens is 134 g/mol. The molecule has 1 rings (SSSR count). The predicted molar refractivity (Wildman–Crippen MR) is 31.3 cm³/mol. The Hall–Kier alpha value is -1.32. The number of rotatable bonds is 3. The molecule has 0 amide bonds. The van der Waals surface area contributed by atoms with Crippen LogP contribution in [0.25, 0.3) is 0 Å². The van der Waals surface area contributed by atoms with Crippen molar-refractivity contribution in [2.45, 2.75) is 12.8 Å². The van der Waals surface area contributed by atoms with Crippen molar-refractivity contribution in [1.29, 1.82) is 0 Å². The van der Waals surface area contributed by atoms with Crippen LogP contribution in [-0.4, -0.2) is 16.2 Å². The minimum atomic E-state index is -0.824. The Kier molecular flexibility index (Phi) is 2.04. The maximum Gasteiger partial charge on any atom is 0.303 e. The molecule has 0 aliphatic heterocycles. The lowest BCUT2D eigenvalue weighted by Crippen LogP contribution is -1.96. The number of hydrogen-bond donors (Lipinski definition) is 1.